The molecular weight excluding hydrogens is 354 g/mol. The molecule has 1 aromatic rings. The van der Waals surface area contributed by atoms with E-state index in [1.807, 2.05) is 38.1 Å². The van der Waals surface area contributed by atoms with Gasteiger partial charge < -0.3 is 9.64 Å². The predicted molar refractivity (Wildman–Crippen MR) is 100 cm³/mol. The molecule has 0 unspecified atom stereocenters. The highest BCUT2D eigenvalue weighted by atomic mass is 32.2. The van der Waals surface area contributed by atoms with E-state index in [4.69, 9.17) is 4.74 Å². The van der Waals surface area contributed by atoms with Gasteiger partial charge in [-0.2, -0.15) is 0 Å². The van der Waals surface area contributed by atoms with Crippen molar-refractivity contribution >= 4 is 27.8 Å². The van der Waals surface area contributed by atoms with Gasteiger partial charge in [0.1, 0.15) is 0 Å². The van der Waals surface area contributed by atoms with Crippen LogP contribution in [0, 0.1) is 6.92 Å². The Hall–Kier alpha value is -2.15. The van der Waals surface area contributed by atoms with Crippen molar-refractivity contribution < 1.29 is 22.7 Å². The molecule has 1 amide bonds. The van der Waals surface area contributed by atoms with Gasteiger partial charge in [-0.15, -0.1) is 0 Å². The molecule has 142 valence electrons. The second-order valence-electron chi connectivity index (χ2n) is 6.50. The van der Waals surface area contributed by atoms with E-state index in [2.05, 4.69) is 0 Å². The molecule has 1 saturated heterocycles. The summed E-state index contributed by atoms with van der Waals surface area (Å²) in [5, 5.41) is 0. The monoisotopic (exact) mass is 379 g/mol. The summed E-state index contributed by atoms with van der Waals surface area (Å²) < 4.78 is 28.3. The maximum absolute atomic E-state index is 12.4. The SMILES string of the molecule is CCCN(C(=O)COC(=O)/C=C/c1cccc(C)c1)[C@@H]1CCS(=O)(=O)C1. The average molecular weight is 379 g/mol. The van der Waals surface area contributed by atoms with Crippen molar-refractivity contribution in [1.29, 1.82) is 0 Å². The van der Waals surface area contributed by atoms with Crippen LogP contribution in [0.4, 0.5) is 0 Å². The van der Waals surface area contributed by atoms with Gasteiger partial charge in [0.2, 0.25) is 0 Å². The largest absolute Gasteiger partial charge is 0.452 e. The topological polar surface area (TPSA) is 80.8 Å². The lowest BCUT2D eigenvalue weighted by molar-refractivity contribution is -0.149. The third-order valence-electron chi connectivity index (χ3n) is 4.23. The molecule has 0 spiro atoms. The molecule has 7 heteroatoms. The van der Waals surface area contributed by atoms with E-state index < -0.39 is 15.8 Å². The number of carbonyl (C=O) groups excluding carboxylic acids is 2. The Morgan fingerprint density at radius 2 is 2.12 bits per heavy atom. The van der Waals surface area contributed by atoms with Crippen molar-refractivity contribution in [1.82, 2.24) is 4.90 Å². The van der Waals surface area contributed by atoms with Gasteiger partial charge >= 0.3 is 5.97 Å². The summed E-state index contributed by atoms with van der Waals surface area (Å²) in [6.07, 6.45) is 4.07. The molecule has 0 radical (unpaired) electrons. The number of benzene rings is 1. The molecule has 2 rings (SSSR count). The molecule has 0 N–H and O–H groups in total. The summed E-state index contributed by atoms with van der Waals surface area (Å²) in [5.41, 5.74) is 1.95. The van der Waals surface area contributed by atoms with E-state index in [1.54, 1.807) is 6.08 Å². The zero-order chi connectivity index (χ0) is 19.2. The number of hydrogen-bond acceptors (Lipinski definition) is 5. The molecule has 26 heavy (non-hydrogen) atoms. The Morgan fingerprint density at radius 3 is 2.73 bits per heavy atom. The number of rotatable bonds is 7. The minimum absolute atomic E-state index is 0.0139. The minimum atomic E-state index is -3.08. The van der Waals surface area contributed by atoms with Gasteiger partial charge in [-0.3, -0.25) is 4.79 Å². The predicted octanol–water partition coefficient (Wildman–Crippen LogP) is 1.98. The van der Waals surface area contributed by atoms with Crippen molar-refractivity contribution in [3.8, 4) is 0 Å². The van der Waals surface area contributed by atoms with Crippen molar-refractivity contribution in [3.63, 3.8) is 0 Å². The molecule has 0 saturated carbocycles. The Morgan fingerprint density at radius 1 is 1.35 bits per heavy atom. The molecule has 6 nitrogen and oxygen atoms in total. The van der Waals surface area contributed by atoms with E-state index in [9.17, 15) is 18.0 Å². The summed E-state index contributed by atoms with van der Waals surface area (Å²) in [5.74, 6) is -0.869. The van der Waals surface area contributed by atoms with Gasteiger partial charge in [0.25, 0.3) is 5.91 Å². The van der Waals surface area contributed by atoms with Gasteiger partial charge in [-0.25, -0.2) is 13.2 Å². The summed E-state index contributed by atoms with van der Waals surface area (Å²) in [6, 6.07) is 7.32. The number of nitrogens with zero attached hydrogens (tertiary/aromatic N) is 1. The first kappa shape index (κ1) is 20.2. The maximum Gasteiger partial charge on any atom is 0.331 e. The van der Waals surface area contributed by atoms with Crippen molar-refractivity contribution in [2.75, 3.05) is 24.7 Å². The Labute approximate surface area is 154 Å². The first-order valence-corrected chi connectivity index (χ1v) is 10.5. The zero-order valence-electron chi connectivity index (χ0n) is 15.2. The normalized spacial score (nSPS) is 18.8. The smallest absolute Gasteiger partial charge is 0.331 e. The fraction of sp³-hybridized carbons (Fsp3) is 0.474. The fourth-order valence-corrected chi connectivity index (χ4v) is 4.71. The summed E-state index contributed by atoms with van der Waals surface area (Å²) in [7, 11) is -3.08. The Balaban J connectivity index is 1.89. The molecule has 0 bridgehead atoms. The van der Waals surface area contributed by atoms with E-state index in [0.717, 1.165) is 11.1 Å². The van der Waals surface area contributed by atoms with Crippen molar-refractivity contribution in [3.05, 3.63) is 41.5 Å². The lowest BCUT2D eigenvalue weighted by atomic mass is 10.1. The fourth-order valence-electron chi connectivity index (χ4n) is 2.97. The van der Waals surface area contributed by atoms with Gasteiger partial charge in [-0.05, 0) is 31.4 Å². The number of hydrogen-bond donors (Lipinski definition) is 0. The lowest BCUT2D eigenvalue weighted by Crippen LogP contribution is -2.43. The number of sulfone groups is 1. The number of aryl methyl sites for hydroxylation is 1. The molecule has 0 aromatic heterocycles. The molecule has 1 atom stereocenters. The maximum atomic E-state index is 12.4. The molecule has 1 fully saturated rings. The van der Waals surface area contributed by atoms with Crippen LogP contribution >= 0.6 is 0 Å². The van der Waals surface area contributed by atoms with Crippen LogP contribution in [0.5, 0.6) is 0 Å². The molecular formula is C19H25NO5S. The van der Waals surface area contributed by atoms with Gasteiger partial charge in [0.15, 0.2) is 16.4 Å². The summed E-state index contributed by atoms with van der Waals surface area (Å²) in [6.45, 7) is 3.95. The van der Waals surface area contributed by atoms with Crippen molar-refractivity contribution in [2.45, 2.75) is 32.7 Å². The quantitative estimate of drug-likeness (QED) is 0.534. The molecule has 1 aromatic carbocycles. The Kier molecular flexibility index (Phi) is 6.97. The van der Waals surface area contributed by atoms with Crippen LogP contribution in [0.1, 0.15) is 30.9 Å². The highest BCUT2D eigenvalue weighted by Crippen LogP contribution is 2.18. The second-order valence-corrected chi connectivity index (χ2v) is 8.73. The molecule has 1 aliphatic heterocycles. The summed E-state index contributed by atoms with van der Waals surface area (Å²) in [4.78, 5) is 25.7. The first-order chi connectivity index (χ1) is 12.3. The first-order valence-electron chi connectivity index (χ1n) is 8.72. The number of esters is 1. The minimum Gasteiger partial charge on any atom is -0.452 e. The highest BCUT2D eigenvalue weighted by Gasteiger charge is 2.34. The van der Waals surface area contributed by atoms with Gasteiger partial charge in [0, 0.05) is 18.7 Å². The average Bonchev–Trinajstić information content (AvgIpc) is 2.95. The number of ether oxygens (including phenoxy) is 1. The van der Waals surface area contributed by atoms with Crippen LogP contribution in [0.2, 0.25) is 0 Å². The van der Waals surface area contributed by atoms with Crippen LogP contribution in [0.15, 0.2) is 30.3 Å². The van der Waals surface area contributed by atoms with E-state index in [1.165, 1.54) is 11.0 Å². The van der Waals surface area contributed by atoms with E-state index in [-0.39, 0.29) is 30.1 Å². The van der Waals surface area contributed by atoms with Gasteiger partial charge in [0.05, 0.1) is 11.5 Å². The summed E-state index contributed by atoms with van der Waals surface area (Å²) >= 11 is 0. The van der Waals surface area contributed by atoms with Gasteiger partial charge in [-0.1, -0.05) is 36.8 Å². The number of amides is 1. The van der Waals surface area contributed by atoms with Crippen LogP contribution < -0.4 is 0 Å². The third kappa shape index (κ3) is 5.98. The lowest BCUT2D eigenvalue weighted by Gasteiger charge is -2.27. The molecule has 1 aliphatic rings. The molecule has 1 heterocycles. The number of carbonyl (C=O) groups is 2. The van der Waals surface area contributed by atoms with Crippen LogP contribution in [-0.2, 0) is 24.2 Å². The third-order valence-corrected chi connectivity index (χ3v) is 5.98. The standard InChI is InChI=1S/C19H25NO5S/c1-3-10-20(17-9-11-26(23,24)14-17)18(21)13-25-19(22)8-7-16-6-4-5-15(2)12-16/h4-8,12,17H,3,9-11,13-14H2,1-2H3/b8-7+/t17-/m1/s1. The van der Waals surface area contributed by atoms with Crippen molar-refractivity contribution in [2.24, 2.45) is 0 Å². The van der Waals surface area contributed by atoms with E-state index in [0.29, 0.717) is 19.4 Å². The highest BCUT2D eigenvalue weighted by molar-refractivity contribution is 7.91. The van der Waals surface area contributed by atoms with E-state index >= 15 is 0 Å². The molecule has 0 aliphatic carbocycles. The van der Waals surface area contributed by atoms with Crippen LogP contribution in [-0.4, -0.2) is 55.9 Å². The zero-order valence-corrected chi connectivity index (χ0v) is 16.0. The van der Waals surface area contributed by atoms with Crippen LogP contribution in [0.25, 0.3) is 6.08 Å². The second kappa shape index (κ2) is 8.98. The van der Waals surface area contributed by atoms with Crippen LogP contribution in [0.3, 0.4) is 0 Å². The Bertz CT molecular complexity index is 785.